The van der Waals surface area contributed by atoms with Gasteiger partial charge in [0.15, 0.2) is 0 Å². The van der Waals surface area contributed by atoms with Crippen LogP contribution in [-0.2, 0) is 0 Å². The third kappa shape index (κ3) is 2.93. The van der Waals surface area contributed by atoms with Crippen molar-refractivity contribution in [3.63, 3.8) is 0 Å². The van der Waals surface area contributed by atoms with Gasteiger partial charge in [-0.1, -0.05) is 11.8 Å². The maximum absolute atomic E-state index is 11.2. The van der Waals surface area contributed by atoms with Crippen LogP contribution < -0.4 is 10.9 Å². The largest absolute Gasteiger partial charge is 0.322 e. The molecule has 0 saturated heterocycles. The molecule has 2 N–H and O–H groups in total. The summed E-state index contributed by atoms with van der Waals surface area (Å²) >= 11 is 0. The Morgan fingerprint density at radius 2 is 2.40 bits per heavy atom. The quantitative estimate of drug-likeness (QED) is 0.401. The van der Waals surface area contributed by atoms with Gasteiger partial charge in [0.05, 0.1) is 23.2 Å². The summed E-state index contributed by atoms with van der Waals surface area (Å²) in [4.78, 5) is 23.3. The Kier molecular flexibility index (Phi) is 3.60. The molecule has 0 aliphatic rings. The van der Waals surface area contributed by atoms with Crippen molar-refractivity contribution in [1.29, 1.82) is 0 Å². The fraction of sp³-hybridized carbons (Fsp3) is 0.222. The average Bonchev–Trinajstić information content (AvgIpc) is 2.20. The predicted octanol–water partition coefficient (Wildman–Crippen LogP) is -0.146. The highest BCUT2D eigenvalue weighted by molar-refractivity contribution is 5.40. The third-order valence-electron chi connectivity index (χ3n) is 1.59. The van der Waals surface area contributed by atoms with E-state index in [4.69, 9.17) is 0 Å². The summed E-state index contributed by atoms with van der Waals surface area (Å²) in [6, 6.07) is 1.15. The molecule has 0 aliphatic carbocycles. The first-order valence-corrected chi connectivity index (χ1v) is 4.15. The SMILES string of the molecule is CNCC#Cc1cc([N+](=O)[O-])c[nH]c1=O. The maximum atomic E-state index is 11.2. The van der Waals surface area contributed by atoms with E-state index in [9.17, 15) is 14.9 Å². The molecule has 15 heavy (non-hydrogen) atoms. The number of nitro groups is 1. The number of aromatic nitrogens is 1. The van der Waals surface area contributed by atoms with Crippen LogP contribution in [0.3, 0.4) is 0 Å². The molecular formula is C9H9N3O3. The first kappa shape index (κ1) is 10.9. The van der Waals surface area contributed by atoms with Gasteiger partial charge in [0.1, 0.15) is 0 Å². The van der Waals surface area contributed by atoms with Crippen LogP contribution in [0.4, 0.5) is 5.69 Å². The highest BCUT2D eigenvalue weighted by atomic mass is 16.6. The Morgan fingerprint density at radius 3 is 3.00 bits per heavy atom. The molecule has 78 valence electrons. The normalized spacial score (nSPS) is 9.13. The molecule has 1 heterocycles. The summed E-state index contributed by atoms with van der Waals surface area (Å²) in [5, 5.41) is 13.2. The average molecular weight is 207 g/mol. The van der Waals surface area contributed by atoms with Gasteiger partial charge in [-0.3, -0.25) is 14.9 Å². The zero-order valence-electron chi connectivity index (χ0n) is 8.03. The summed E-state index contributed by atoms with van der Waals surface area (Å²) in [7, 11) is 1.71. The van der Waals surface area contributed by atoms with E-state index in [1.807, 2.05) is 0 Å². The Labute approximate surface area is 85.5 Å². The molecule has 0 radical (unpaired) electrons. The molecule has 0 aliphatic heterocycles. The molecule has 0 atom stereocenters. The fourth-order valence-corrected chi connectivity index (χ4v) is 0.898. The summed E-state index contributed by atoms with van der Waals surface area (Å²) in [5.74, 6) is 5.20. The Morgan fingerprint density at radius 1 is 1.67 bits per heavy atom. The van der Waals surface area contributed by atoms with Crippen molar-refractivity contribution in [1.82, 2.24) is 10.3 Å². The van der Waals surface area contributed by atoms with Crippen LogP contribution >= 0.6 is 0 Å². The fourth-order valence-electron chi connectivity index (χ4n) is 0.898. The van der Waals surface area contributed by atoms with E-state index in [0.717, 1.165) is 12.3 Å². The second-order valence-electron chi connectivity index (χ2n) is 2.69. The second-order valence-corrected chi connectivity index (χ2v) is 2.69. The summed E-state index contributed by atoms with van der Waals surface area (Å²) < 4.78 is 0. The van der Waals surface area contributed by atoms with Crippen molar-refractivity contribution in [2.24, 2.45) is 0 Å². The minimum Gasteiger partial charge on any atom is -0.322 e. The van der Waals surface area contributed by atoms with E-state index in [1.165, 1.54) is 0 Å². The van der Waals surface area contributed by atoms with Crippen LogP contribution in [0.2, 0.25) is 0 Å². The molecule has 0 saturated carbocycles. The van der Waals surface area contributed by atoms with Crippen LogP contribution in [-0.4, -0.2) is 23.5 Å². The molecule has 0 bridgehead atoms. The molecule has 1 rings (SSSR count). The van der Waals surface area contributed by atoms with Crippen LogP contribution in [0.15, 0.2) is 17.1 Å². The van der Waals surface area contributed by atoms with Gasteiger partial charge in [-0.15, -0.1) is 0 Å². The Bertz CT molecular complexity index is 481. The van der Waals surface area contributed by atoms with Crippen molar-refractivity contribution in [2.45, 2.75) is 0 Å². The van der Waals surface area contributed by atoms with Gasteiger partial charge in [0, 0.05) is 6.07 Å². The first-order valence-electron chi connectivity index (χ1n) is 4.15. The lowest BCUT2D eigenvalue weighted by Crippen LogP contribution is -2.10. The van der Waals surface area contributed by atoms with Crippen LogP contribution in [0.1, 0.15) is 5.56 Å². The molecule has 1 aromatic rings. The molecule has 0 fully saturated rings. The summed E-state index contributed by atoms with van der Waals surface area (Å²) in [6.45, 7) is 0.419. The van der Waals surface area contributed by atoms with E-state index in [2.05, 4.69) is 22.1 Å². The van der Waals surface area contributed by atoms with Gasteiger partial charge in [-0.25, -0.2) is 0 Å². The van der Waals surface area contributed by atoms with Gasteiger partial charge in [-0.2, -0.15) is 0 Å². The van der Waals surface area contributed by atoms with Crippen LogP contribution in [0, 0.1) is 22.0 Å². The van der Waals surface area contributed by atoms with Gasteiger partial charge < -0.3 is 10.3 Å². The predicted molar refractivity (Wildman–Crippen MR) is 54.5 cm³/mol. The molecular weight excluding hydrogens is 198 g/mol. The van der Waals surface area contributed by atoms with E-state index in [1.54, 1.807) is 7.05 Å². The minimum absolute atomic E-state index is 0.0967. The number of aromatic amines is 1. The molecule has 1 aromatic heterocycles. The second kappa shape index (κ2) is 4.93. The number of hydrogen-bond donors (Lipinski definition) is 2. The number of pyridine rings is 1. The minimum atomic E-state index is -0.584. The number of nitrogens with one attached hydrogen (secondary N) is 2. The molecule has 0 spiro atoms. The molecule has 6 heteroatoms. The molecule has 0 aromatic carbocycles. The monoisotopic (exact) mass is 207 g/mol. The Balaban J connectivity index is 3.08. The van der Waals surface area contributed by atoms with Crippen LogP contribution in [0.25, 0.3) is 0 Å². The number of H-pyrrole nitrogens is 1. The van der Waals surface area contributed by atoms with E-state index >= 15 is 0 Å². The van der Waals surface area contributed by atoms with Crippen molar-refractivity contribution < 1.29 is 4.92 Å². The van der Waals surface area contributed by atoms with Gasteiger partial charge in [0.25, 0.3) is 11.2 Å². The number of rotatable bonds is 2. The summed E-state index contributed by atoms with van der Waals surface area (Å²) in [6.07, 6.45) is 1.05. The third-order valence-corrected chi connectivity index (χ3v) is 1.59. The standard InChI is InChI=1S/C9H9N3O3/c1-10-4-2-3-7-5-8(12(14)15)6-11-9(7)13/h5-6,10H,4H2,1H3,(H,11,13). The van der Waals surface area contributed by atoms with Crippen molar-refractivity contribution >= 4 is 5.69 Å². The van der Waals surface area contributed by atoms with Gasteiger partial charge in [-0.05, 0) is 7.05 Å². The molecule has 6 nitrogen and oxygen atoms in total. The van der Waals surface area contributed by atoms with Crippen molar-refractivity contribution in [3.05, 3.63) is 38.3 Å². The van der Waals surface area contributed by atoms with Crippen molar-refractivity contribution in [3.8, 4) is 11.8 Å². The van der Waals surface area contributed by atoms with E-state index in [0.29, 0.717) is 6.54 Å². The highest BCUT2D eigenvalue weighted by Gasteiger charge is 2.07. The lowest BCUT2D eigenvalue weighted by Gasteiger charge is -1.91. The van der Waals surface area contributed by atoms with Crippen LogP contribution in [0.5, 0.6) is 0 Å². The molecule has 0 amide bonds. The number of hydrogen-bond acceptors (Lipinski definition) is 4. The smallest absolute Gasteiger partial charge is 0.286 e. The molecule has 0 unspecified atom stereocenters. The van der Waals surface area contributed by atoms with Gasteiger partial charge >= 0.3 is 0 Å². The number of nitrogens with zero attached hydrogens (tertiary/aromatic N) is 1. The van der Waals surface area contributed by atoms with E-state index < -0.39 is 10.5 Å². The first-order chi connectivity index (χ1) is 7.15. The topological polar surface area (TPSA) is 88.0 Å². The lowest BCUT2D eigenvalue weighted by atomic mass is 10.2. The summed E-state index contributed by atoms with van der Waals surface area (Å²) in [5.41, 5.74) is -0.507. The van der Waals surface area contributed by atoms with Gasteiger partial charge in [0.2, 0.25) is 0 Å². The highest BCUT2D eigenvalue weighted by Crippen LogP contribution is 2.06. The maximum Gasteiger partial charge on any atom is 0.286 e. The zero-order chi connectivity index (χ0) is 11.3. The zero-order valence-corrected chi connectivity index (χ0v) is 8.03. The Hall–Kier alpha value is -2.13. The van der Waals surface area contributed by atoms with E-state index in [-0.39, 0.29) is 11.3 Å². The van der Waals surface area contributed by atoms with Crippen molar-refractivity contribution in [2.75, 3.05) is 13.6 Å². The lowest BCUT2D eigenvalue weighted by molar-refractivity contribution is -0.385.